The standard InChI is InChI=1S/C14H22N4O2S/c1-5-7-9(3)16-14(21)18-13-15-8-11(10(4)17-13)12(19)20-6-2/h8-9H,5-7H2,1-4H3,(H2,15,16,17,18,21). The Kier molecular flexibility index (Phi) is 7.01. The van der Waals surface area contributed by atoms with Gasteiger partial charge in [0.15, 0.2) is 5.11 Å². The summed E-state index contributed by atoms with van der Waals surface area (Å²) in [6.07, 6.45) is 3.56. The van der Waals surface area contributed by atoms with Gasteiger partial charge in [-0.3, -0.25) is 0 Å². The smallest absolute Gasteiger partial charge is 0.341 e. The molecule has 116 valence electrons. The number of nitrogens with one attached hydrogen (secondary N) is 2. The van der Waals surface area contributed by atoms with Crippen LogP contribution in [0.5, 0.6) is 0 Å². The summed E-state index contributed by atoms with van der Waals surface area (Å²) in [4.78, 5) is 20.0. The van der Waals surface area contributed by atoms with Gasteiger partial charge in [-0.25, -0.2) is 14.8 Å². The third-order valence-electron chi connectivity index (χ3n) is 2.80. The average Bonchev–Trinajstić information content (AvgIpc) is 2.38. The minimum atomic E-state index is -0.418. The molecule has 0 bridgehead atoms. The third-order valence-corrected chi connectivity index (χ3v) is 3.02. The largest absolute Gasteiger partial charge is 0.462 e. The van der Waals surface area contributed by atoms with Crippen LogP contribution in [0.2, 0.25) is 0 Å². The molecule has 2 N–H and O–H groups in total. The van der Waals surface area contributed by atoms with Crippen molar-refractivity contribution in [1.29, 1.82) is 0 Å². The predicted molar refractivity (Wildman–Crippen MR) is 86.5 cm³/mol. The molecule has 0 spiro atoms. The van der Waals surface area contributed by atoms with E-state index < -0.39 is 5.97 Å². The molecule has 21 heavy (non-hydrogen) atoms. The molecule has 0 aliphatic heterocycles. The van der Waals surface area contributed by atoms with E-state index in [-0.39, 0.29) is 6.04 Å². The highest BCUT2D eigenvalue weighted by Crippen LogP contribution is 2.09. The lowest BCUT2D eigenvalue weighted by Crippen LogP contribution is -2.36. The number of hydrogen-bond donors (Lipinski definition) is 2. The van der Waals surface area contributed by atoms with Crippen molar-refractivity contribution in [3.05, 3.63) is 17.5 Å². The zero-order valence-corrected chi connectivity index (χ0v) is 13.7. The number of carbonyl (C=O) groups excluding carboxylic acids is 1. The van der Waals surface area contributed by atoms with Gasteiger partial charge in [-0.1, -0.05) is 13.3 Å². The van der Waals surface area contributed by atoms with E-state index in [1.54, 1.807) is 13.8 Å². The molecule has 0 radical (unpaired) electrons. The molecule has 6 nitrogen and oxygen atoms in total. The Labute approximate surface area is 130 Å². The number of ether oxygens (including phenoxy) is 1. The maximum atomic E-state index is 11.7. The van der Waals surface area contributed by atoms with E-state index in [0.29, 0.717) is 28.9 Å². The third kappa shape index (κ3) is 5.63. The van der Waals surface area contributed by atoms with Crippen LogP contribution in [0.3, 0.4) is 0 Å². The first-order chi connectivity index (χ1) is 9.97. The number of anilines is 1. The van der Waals surface area contributed by atoms with Gasteiger partial charge < -0.3 is 15.4 Å². The van der Waals surface area contributed by atoms with Crippen LogP contribution in [0.4, 0.5) is 5.95 Å². The fourth-order valence-electron chi connectivity index (χ4n) is 1.80. The Morgan fingerprint density at radius 2 is 2.19 bits per heavy atom. The summed E-state index contributed by atoms with van der Waals surface area (Å²) >= 11 is 5.20. The highest BCUT2D eigenvalue weighted by Gasteiger charge is 2.13. The van der Waals surface area contributed by atoms with Crippen molar-refractivity contribution in [1.82, 2.24) is 15.3 Å². The molecule has 0 aromatic carbocycles. The summed E-state index contributed by atoms with van der Waals surface area (Å²) < 4.78 is 4.93. The van der Waals surface area contributed by atoms with Crippen molar-refractivity contribution in [3.8, 4) is 0 Å². The normalized spacial score (nSPS) is 11.6. The quantitative estimate of drug-likeness (QED) is 0.617. The van der Waals surface area contributed by atoms with Crippen LogP contribution < -0.4 is 10.6 Å². The van der Waals surface area contributed by atoms with Crippen LogP contribution in [0.1, 0.15) is 49.7 Å². The summed E-state index contributed by atoms with van der Waals surface area (Å²) in [6.45, 7) is 7.99. The van der Waals surface area contributed by atoms with Gasteiger partial charge in [0, 0.05) is 12.2 Å². The van der Waals surface area contributed by atoms with Crippen LogP contribution >= 0.6 is 12.2 Å². The topological polar surface area (TPSA) is 76.1 Å². The highest BCUT2D eigenvalue weighted by molar-refractivity contribution is 7.80. The van der Waals surface area contributed by atoms with E-state index in [9.17, 15) is 4.79 Å². The zero-order chi connectivity index (χ0) is 15.8. The maximum absolute atomic E-state index is 11.7. The van der Waals surface area contributed by atoms with Crippen molar-refractivity contribution < 1.29 is 9.53 Å². The van der Waals surface area contributed by atoms with E-state index in [1.807, 2.05) is 0 Å². The summed E-state index contributed by atoms with van der Waals surface area (Å²) in [6, 6.07) is 0.287. The van der Waals surface area contributed by atoms with Crippen molar-refractivity contribution in [3.63, 3.8) is 0 Å². The second kappa shape index (κ2) is 8.51. The molecule has 0 fully saturated rings. The van der Waals surface area contributed by atoms with Crippen molar-refractivity contribution >= 4 is 29.2 Å². The Morgan fingerprint density at radius 1 is 1.48 bits per heavy atom. The first kappa shape index (κ1) is 17.3. The molecule has 0 saturated carbocycles. The lowest BCUT2D eigenvalue weighted by Gasteiger charge is -2.15. The lowest BCUT2D eigenvalue weighted by molar-refractivity contribution is 0.0524. The lowest BCUT2D eigenvalue weighted by atomic mass is 10.2. The maximum Gasteiger partial charge on any atom is 0.341 e. The first-order valence-electron chi connectivity index (χ1n) is 7.06. The Balaban J connectivity index is 2.67. The van der Waals surface area contributed by atoms with E-state index >= 15 is 0 Å². The number of carbonyl (C=O) groups is 1. The summed E-state index contributed by atoms with van der Waals surface area (Å²) in [5, 5.41) is 6.54. The summed E-state index contributed by atoms with van der Waals surface area (Å²) in [5.74, 6) is -0.0550. The first-order valence-corrected chi connectivity index (χ1v) is 7.47. The van der Waals surface area contributed by atoms with Crippen LogP contribution in [-0.4, -0.2) is 33.7 Å². The second-order valence-electron chi connectivity index (χ2n) is 4.70. The summed E-state index contributed by atoms with van der Waals surface area (Å²) in [7, 11) is 0. The molecule has 0 amide bonds. The molecule has 0 aliphatic carbocycles. The molecule has 1 unspecified atom stereocenters. The Hall–Kier alpha value is -1.76. The highest BCUT2D eigenvalue weighted by atomic mass is 32.1. The molecule has 0 saturated heterocycles. The van der Waals surface area contributed by atoms with E-state index in [4.69, 9.17) is 17.0 Å². The zero-order valence-electron chi connectivity index (χ0n) is 12.9. The van der Waals surface area contributed by atoms with Crippen molar-refractivity contribution in [2.24, 2.45) is 0 Å². The Bertz CT molecular complexity index is 508. The monoisotopic (exact) mass is 310 g/mol. The van der Waals surface area contributed by atoms with Gasteiger partial charge in [-0.15, -0.1) is 0 Å². The predicted octanol–water partition coefficient (Wildman–Crippen LogP) is 2.44. The fraction of sp³-hybridized carbons (Fsp3) is 0.571. The van der Waals surface area contributed by atoms with E-state index in [0.717, 1.165) is 12.8 Å². The molecular formula is C14H22N4O2S. The molecule has 1 aromatic rings. The molecule has 1 rings (SSSR count). The molecule has 1 heterocycles. The van der Waals surface area contributed by atoms with Crippen LogP contribution in [0.25, 0.3) is 0 Å². The number of nitrogens with zero attached hydrogens (tertiary/aromatic N) is 2. The van der Waals surface area contributed by atoms with Crippen molar-refractivity contribution in [2.45, 2.75) is 46.6 Å². The van der Waals surface area contributed by atoms with Gasteiger partial charge >= 0.3 is 5.97 Å². The number of rotatable bonds is 6. The number of aryl methyl sites for hydroxylation is 1. The second-order valence-corrected chi connectivity index (χ2v) is 5.11. The molecule has 7 heteroatoms. The SMILES string of the molecule is CCCC(C)NC(=S)Nc1ncc(C(=O)OCC)c(C)n1. The van der Waals surface area contributed by atoms with Gasteiger partial charge in [0.2, 0.25) is 5.95 Å². The minimum Gasteiger partial charge on any atom is -0.462 e. The van der Waals surface area contributed by atoms with E-state index in [2.05, 4.69) is 34.4 Å². The van der Waals surface area contributed by atoms with Gasteiger partial charge in [0.1, 0.15) is 0 Å². The van der Waals surface area contributed by atoms with Gasteiger partial charge in [-0.05, 0) is 39.4 Å². The van der Waals surface area contributed by atoms with Crippen LogP contribution in [-0.2, 0) is 4.74 Å². The van der Waals surface area contributed by atoms with Crippen LogP contribution in [0.15, 0.2) is 6.20 Å². The molecular weight excluding hydrogens is 288 g/mol. The fourth-order valence-corrected chi connectivity index (χ4v) is 2.10. The van der Waals surface area contributed by atoms with Gasteiger partial charge in [-0.2, -0.15) is 0 Å². The van der Waals surface area contributed by atoms with E-state index in [1.165, 1.54) is 6.20 Å². The molecule has 1 aromatic heterocycles. The van der Waals surface area contributed by atoms with Crippen molar-refractivity contribution in [2.75, 3.05) is 11.9 Å². The Morgan fingerprint density at radius 3 is 2.76 bits per heavy atom. The number of esters is 1. The number of thiocarbonyl (C=S) groups is 1. The van der Waals surface area contributed by atoms with Gasteiger partial charge in [0.25, 0.3) is 0 Å². The van der Waals surface area contributed by atoms with Gasteiger partial charge in [0.05, 0.1) is 17.9 Å². The molecule has 0 aliphatic rings. The molecule has 1 atom stereocenters. The minimum absolute atomic E-state index is 0.287. The number of aromatic nitrogens is 2. The number of hydrogen-bond acceptors (Lipinski definition) is 5. The summed E-state index contributed by atoms with van der Waals surface area (Å²) in [5.41, 5.74) is 0.913. The average molecular weight is 310 g/mol. The van der Waals surface area contributed by atoms with Crippen LogP contribution in [0, 0.1) is 6.92 Å².